The summed E-state index contributed by atoms with van der Waals surface area (Å²) in [5.41, 5.74) is 10.7. The highest BCUT2D eigenvalue weighted by Gasteiger charge is 2.20. The normalized spacial score (nSPS) is 11.2. The Kier molecular flexibility index (Phi) is 6.98. The van der Waals surface area contributed by atoms with Crippen molar-refractivity contribution < 1.29 is 0 Å². The fourth-order valence-corrected chi connectivity index (χ4v) is 7.80. The largest absolute Gasteiger partial charge is 0.309 e. The van der Waals surface area contributed by atoms with Crippen LogP contribution in [0.5, 0.6) is 0 Å². The van der Waals surface area contributed by atoms with E-state index in [1.807, 2.05) is 24.3 Å². The first-order valence-corrected chi connectivity index (χ1v) is 16.7. The van der Waals surface area contributed by atoms with E-state index in [0.717, 1.165) is 33.4 Å². The zero-order valence-corrected chi connectivity index (χ0v) is 27.1. The summed E-state index contributed by atoms with van der Waals surface area (Å²) in [4.78, 5) is 4.05. The van der Waals surface area contributed by atoms with E-state index in [1.165, 1.54) is 49.0 Å². The maximum absolute atomic E-state index is 10.3. The van der Waals surface area contributed by atoms with Gasteiger partial charge in [-0.25, -0.2) is 4.85 Å². The third kappa shape index (κ3) is 4.65. The highest BCUT2D eigenvalue weighted by Crippen LogP contribution is 2.43. The molecule has 0 N–H and O–H groups in total. The minimum atomic E-state index is 0.561. The summed E-state index contributed by atoms with van der Waals surface area (Å²) in [6.07, 6.45) is 0.561. The average molecular weight is 636 g/mol. The second-order valence-corrected chi connectivity index (χ2v) is 12.7. The summed E-state index contributed by atoms with van der Waals surface area (Å²) < 4.78 is 2.25. The minimum Gasteiger partial charge on any atom is -0.309 e. The summed E-state index contributed by atoms with van der Waals surface area (Å²) in [6.45, 7) is 8.27. The number of aromatic nitrogens is 1. The van der Waals surface area contributed by atoms with Crippen LogP contribution in [0.2, 0.25) is 0 Å². The standard InChI is InChI=1S/C47H29N3/c1-49-44-23-13-22-35(33-26-31(30-48)27-34(28-33)50-45-24-11-9-18-38(45)39-19-10-12-25-46(39)50)43(44)29-42-36-16-5-7-20-40(36)47(32-14-3-2-4-15-32)41-21-8-6-17-37(41)42/h2-28H,29H2. The average Bonchev–Trinajstić information content (AvgIpc) is 3.52. The van der Waals surface area contributed by atoms with Gasteiger partial charge in [-0.05, 0) is 91.7 Å². The van der Waals surface area contributed by atoms with Crippen LogP contribution in [0, 0.1) is 17.9 Å². The summed E-state index contributed by atoms with van der Waals surface area (Å²) in [6, 6.07) is 59.2. The summed E-state index contributed by atoms with van der Waals surface area (Å²) in [5, 5.41) is 17.4. The van der Waals surface area contributed by atoms with E-state index >= 15 is 0 Å². The Morgan fingerprint density at radius 3 is 1.68 bits per heavy atom. The number of nitriles is 1. The van der Waals surface area contributed by atoms with Gasteiger partial charge < -0.3 is 4.57 Å². The van der Waals surface area contributed by atoms with E-state index in [1.54, 1.807) is 0 Å². The number of hydrogen-bond acceptors (Lipinski definition) is 1. The summed E-state index contributed by atoms with van der Waals surface area (Å²) in [5.74, 6) is 0. The molecular weight excluding hydrogens is 607 g/mol. The number of nitrogens with zero attached hydrogens (tertiary/aromatic N) is 3. The smallest absolute Gasteiger partial charge is 0.191 e. The van der Waals surface area contributed by atoms with Crippen LogP contribution in [0.25, 0.3) is 76.1 Å². The molecule has 0 amide bonds. The molecule has 0 aliphatic heterocycles. The molecule has 0 radical (unpaired) electrons. The minimum absolute atomic E-state index is 0.561. The van der Waals surface area contributed by atoms with Gasteiger partial charge in [-0.1, -0.05) is 133 Å². The molecule has 9 rings (SSSR count). The van der Waals surface area contributed by atoms with Crippen molar-refractivity contribution in [3.05, 3.63) is 192 Å². The molecule has 0 spiro atoms. The monoisotopic (exact) mass is 635 g/mol. The van der Waals surface area contributed by atoms with Gasteiger partial charge in [-0.2, -0.15) is 5.26 Å². The van der Waals surface area contributed by atoms with Gasteiger partial charge in [0.05, 0.1) is 29.2 Å². The van der Waals surface area contributed by atoms with Crippen LogP contribution in [-0.2, 0) is 6.42 Å². The lowest BCUT2D eigenvalue weighted by Crippen LogP contribution is -1.99. The number of benzene rings is 8. The van der Waals surface area contributed by atoms with Crippen molar-refractivity contribution in [1.29, 1.82) is 5.26 Å². The third-order valence-corrected chi connectivity index (χ3v) is 9.93. The van der Waals surface area contributed by atoms with Crippen LogP contribution in [0.15, 0.2) is 164 Å². The molecule has 232 valence electrons. The molecule has 1 heterocycles. The molecule has 0 saturated heterocycles. The molecule has 3 heteroatoms. The Morgan fingerprint density at radius 1 is 0.520 bits per heavy atom. The van der Waals surface area contributed by atoms with Crippen molar-refractivity contribution >= 4 is 49.0 Å². The van der Waals surface area contributed by atoms with Crippen molar-refractivity contribution in [2.75, 3.05) is 0 Å². The van der Waals surface area contributed by atoms with Crippen molar-refractivity contribution in [2.45, 2.75) is 6.42 Å². The second-order valence-electron chi connectivity index (χ2n) is 12.7. The Labute approximate surface area is 290 Å². The predicted octanol–water partition coefficient (Wildman–Crippen LogP) is 12.4. The highest BCUT2D eigenvalue weighted by molar-refractivity contribution is 6.15. The first-order chi connectivity index (χ1) is 24.7. The maximum Gasteiger partial charge on any atom is 0.191 e. The maximum atomic E-state index is 10.3. The molecule has 1 aromatic heterocycles. The Balaban J connectivity index is 1.29. The molecular formula is C47H29N3. The van der Waals surface area contributed by atoms with Crippen LogP contribution in [0.3, 0.4) is 0 Å². The lowest BCUT2D eigenvalue weighted by atomic mass is 9.84. The quantitative estimate of drug-likeness (QED) is 0.137. The molecule has 0 saturated carbocycles. The lowest BCUT2D eigenvalue weighted by Gasteiger charge is -2.20. The molecule has 0 aliphatic rings. The van der Waals surface area contributed by atoms with Gasteiger partial charge in [0.25, 0.3) is 0 Å². The third-order valence-electron chi connectivity index (χ3n) is 9.93. The SMILES string of the molecule is [C-]#[N+]c1cccc(-c2cc(C#N)cc(-n3c4ccccc4c4ccccc43)c2)c1Cc1c2ccccc2c(-c2ccccc2)c2ccccc12. The van der Waals surface area contributed by atoms with Gasteiger partial charge >= 0.3 is 0 Å². The zero-order valence-electron chi connectivity index (χ0n) is 27.1. The molecule has 0 fully saturated rings. The van der Waals surface area contributed by atoms with Gasteiger partial charge in [0, 0.05) is 16.5 Å². The van der Waals surface area contributed by atoms with E-state index in [9.17, 15) is 5.26 Å². The van der Waals surface area contributed by atoms with Gasteiger partial charge in [0.1, 0.15) is 0 Å². The fraction of sp³-hybridized carbons (Fsp3) is 0.0213. The van der Waals surface area contributed by atoms with Crippen molar-refractivity contribution in [2.24, 2.45) is 0 Å². The van der Waals surface area contributed by atoms with Crippen molar-refractivity contribution in [3.63, 3.8) is 0 Å². The topological polar surface area (TPSA) is 33.1 Å². The van der Waals surface area contributed by atoms with Gasteiger partial charge in [-0.15, -0.1) is 0 Å². The van der Waals surface area contributed by atoms with E-state index in [4.69, 9.17) is 6.57 Å². The zero-order chi connectivity index (χ0) is 33.6. The Hall–Kier alpha value is -6.94. The second kappa shape index (κ2) is 11.9. The van der Waals surface area contributed by atoms with Crippen LogP contribution < -0.4 is 0 Å². The first-order valence-electron chi connectivity index (χ1n) is 16.7. The van der Waals surface area contributed by atoms with Crippen LogP contribution in [0.1, 0.15) is 16.7 Å². The number of rotatable bonds is 5. The number of fused-ring (bicyclic) bond motifs is 5. The summed E-state index contributed by atoms with van der Waals surface area (Å²) >= 11 is 0. The molecule has 8 aromatic carbocycles. The molecule has 0 unspecified atom stereocenters. The first kappa shape index (κ1) is 29.2. The Bertz CT molecular complexity index is 2750. The molecule has 9 aromatic rings. The molecule has 0 bridgehead atoms. The Morgan fingerprint density at radius 2 is 1.08 bits per heavy atom. The lowest BCUT2D eigenvalue weighted by molar-refractivity contribution is 1.17. The molecule has 0 aliphatic carbocycles. The van der Waals surface area contributed by atoms with Crippen molar-refractivity contribution in [3.8, 4) is 34.0 Å². The van der Waals surface area contributed by atoms with E-state index in [0.29, 0.717) is 17.7 Å². The molecule has 50 heavy (non-hydrogen) atoms. The van der Waals surface area contributed by atoms with Gasteiger partial charge in [0.15, 0.2) is 5.69 Å². The molecule has 3 nitrogen and oxygen atoms in total. The van der Waals surface area contributed by atoms with E-state index in [2.05, 4.69) is 155 Å². The number of para-hydroxylation sites is 2. The van der Waals surface area contributed by atoms with Crippen LogP contribution >= 0.6 is 0 Å². The highest BCUT2D eigenvalue weighted by atomic mass is 15.0. The number of hydrogen-bond donors (Lipinski definition) is 0. The van der Waals surface area contributed by atoms with E-state index in [-0.39, 0.29) is 0 Å². The fourth-order valence-electron chi connectivity index (χ4n) is 7.80. The molecule has 0 atom stereocenters. The predicted molar refractivity (Wildman–Crippen MR) is 207 cm³/mol. The van der Waals surface area contributed by atoms with Crippen LogP contribution in [0.4, 0.5) is 5.69 Å². The van der Waals surface area contributed by atoms with Crippen LogP contribution in [-0.4, -0.2) is 4.57 Å². The van der Waals surface area contributed by atoms with Gasteiger partial charge in [-0.3, -0.25) is 0 Å². The van der Waals surface area contributed by atoms with E-state index < -0.39 is 0 Å². The van der Waals surface area contributed by atoms with Crippen molar-refractivity contribution in [1.82, 2.24) is 4.57 Å². The van der Waals surface area contributed by atoms with Gasteiger partial charge in [0.2, 0.25) is 0 Å². The summed E-state index contributed by atoms with van der Waals surface area (Å²) in [7, 11) is 0.